The minimum Gasteiger partial charge on any atom is -0.340 e. The molecule has 7 heteroatoms. The number of hydrogen-bond acceptors (Lipinski definition) is 3. The molecule has 110 valence electrons. The number of rotatable bonds is 3. The number of halogens is 1. The van der Waals surface area contributed by atoms with Crippen molar-refractivity contribution in [3.8, 4) is 0 Å². The largest absolute Gasteiger partial charge is 0.340 e. The number of nitrogens with zero attached hydrogens (tertiary/aromatic N) is 2. The first-order chi connectivity index (χ1) is 9.36. The molecule has 1 aromatic carbocycles. The molecule has 1 fully saturated rings. The first-order valence-corrected chi connectivity index (χ1v) is 8.56. The molecule has 0 atom stereocenters. The SMILES string of the molecule is CS(=O)(=O)N1CCN(C(=O)Cc2cccc(Cl)c2)CC1. The van der Waals surface area contributed by atoms with Crippen molar-refractivity contribution in [2.75, 3.05) is 32.4 Å². The van der Waals surface area contributed by atoms with Gasteiger partial charge in [0.15, 0.2) is 0 Å². The summed E-state index contributed by atoms with van der Waals surface area (Å²) in [5.74, 6) is 0.000387. The summed E-state index contributed by atoms with van der Waals surface area (Å²) >= 11 is 5.89. The Kier molecular flexibility index (Phi) is 4.67. The summed E-state index contributed by atoms with van der Waals surface area (Å²) in [5.41, 5.74) is 0.869. The van der Waals surface area contributed by atoms with Gasteiger partial charge in [0.2, 0.25) is 15.9 Å². The lowest BCUT2D eigenvalue weighted by molar-refractivity contribution is -0.131. The standard InChI is InChI=1S/C13H17ClN2O3S/c1-20(18,19)16-7-5-15(6-8-16)13(17)10-11-3-2-4-12(14)9-11/h2-4,9H,5-8,10H2,1H3. The van der Waals surface area contributed by atoms with Gasteiger partial charge < -0.3 is 4.90 Å². The third-order valence-corrected chi connectivity index (χ3v) is 4.84. The molecule has 1 saturated heterocycles. The van der Waals surface area contributed by atoms with Gasteiger partial charge in [-0.05, 0) is 17.7 Å². The van der Waals surface area contributed by atoms with E-state index in [1.54, 1.807) is 17.0 Å². The van der Waals surface area contributed by atoms with E-state index < -0.39 is 10.0 Å². The molecule has 0 radical (unpaired) electrons. The molecule has 1 aromatic rings. The molecule has 5 nitrogen and oxygen atoms in total. The van der Waals surface area contributed by atoms with E-state index in [-0.39, 0.29) is 5.91 Å². The second-order valence-electron chi connectivity index (χ2n) is 4.85. The second-order valence-corrected chi connectivity index (χ2v) is 7.27. The Morgan fingerprint density at radius 3 is 2.45 bits per heavy atom. The number of hydrogen-bond donors (Lipinski definition) is 0. The fourth-order valence-corrected chi connectivity index (χ4v) is 3.24. The minimum absolute atomic E-state index is 0.000387. The van der Waals surface area contributed by atoms with Crippen LogP contribution in [0.1, 0.15) is 5.56 Å². The van der Waals surface area contributed by atoms with Gasteiger partial charge in [-0.2, -0.15) is 4.31 Å². The van der Waals surface area contributed by atoms with Crippen LogP contribution < -0.4 is 0 Å². The molecule has 0 saturated carbocycles. The van der Waals surface area contributed by atoms with Crippen molar-refractivity contribution in [3.05, 3.63) is 34.9 Å². The third kappa shape index (κ3) is 3.94. The summed E-state index contributed by atoms with van der Waals surface area (Å²) in [6, 6.07) is 7.20. The Morgan fingerprint density at radius 1 is 1.25 bits per heavy atom. The Bertz CT molecular complexity index is 595. The summed E-state index contributed by atoms with van der Waals surface area (Å²) in [4.78, 5) is 13.8. The van der Waals surface area contributed by atoms with Crippen molar-refractivity contribution >= 4 is 27.5 Å². The van der Waals surface area contributed by atoms with E-state index in [2.05, 4.69) is 0 Å². The fraction of sp³-hybridized carbons (Fsp3) is 0.462. The van der Waals surface area contributed by atoms with Crippen LogP contribution in [0.25, 0.3) is 0 Å². The first kappa shape index (κ1) is 15.3. The van der Waals surface area contributed by atoms with Crippen LogP contribution in [-0.4, -0.2) is 56.0 Å². The smallest absolute Gasteiger partial charge is 0.227 e. The summed E-state index contributed by atoms with van der Waals surface area (Å²) < 4.78 is 24.2. The molecule has 0 unspecified atom stereocenters. The molecule has 0 N–H and O–H groups in total. The van der Waals surface area contributed by atoms with Gasteiger partial charge in [0.25, 0.3) is 0 Å². The Labute approximate surface area is 124 Å². The zero-order chi connectivity index (χ0) is 14.8. The number of carbonyl (C=O) groups excluding carboxylic acids is 1. The number of benzene rings is 1. The van der Waals surface area contributed by atoms with Crippen LogP contribution in [0.3, 0.4) is 0 Å². The van der Waals surface area contributed by atoms with Crippen LogP contribution in [0.5, 0.6) is 0 Å². The van der Waals surface area contributed by atoms with E-state index in [0.717, 1.165) is 5.56 Å². The average molecular weight is 317 g/mol. The van der Waals surface area contributed by atoms with Crippen LogP contribution in [0, 0.1) is 0 Å². The lowest BCUT2D eigenvalue weighted by Crippen LogP contribution is -2.50. The summed E-state index contributed by atoms with van der Waals surface area (Å²) in [6.07, 6.45) is 1.48. The third-order valence-electron chi connectivity index (χ3n) is 3.30. The van der Waals surface area contributed by atoms with Crippen molar-refractivity contribution in [2.45, 2.75) is 6.42 Å². The second kappa shape index (κ2) is 6.11. The van der Waals surface area contributed by atoms with Crippen molar-refractivity contribution in [1.29, 1.82) is 0 Å². The summed E-state index contributed by atoms with van der Waals surface area (Å²) in [5, 5.41) is 0.609. The highest BCUT2D eigenvalue weighted by atomic mass is 35.5. The van der Waals surface area contributed by atoms with Crippen LogP contribution in [0.2, 0.25) is 5.02 Å². The lowest BCUT2D eigenvalue weighted by Gasteiger charge is -2.33. The fourth-order valence-electron chi connectivity index (χ4n) is 2.20. The molecule has 0 aromatic heterocycles. The number of carbonyl (C=O) groups is 1. The van der Waals surface area contributed by atoms with E-state index in [0.29, 0.717) is 37.6 Å². The predicted octanol–water partition coefficient (Wildman–Crippen LogP) is 0.986. The zero-order valence-corrected chi connectivity index (χ0v) is 12.8. The van der Waals surface area contributed by atoms with Gasteiger partial charge in [-0.3, -0.25) is 4.79 Å². The summed E-state index contributed by atoms with van der Waals surface area (Å²) in [6.45, 7) is 1.60. The van der Waals surface area contributed by atoms with Crippen molar-refractivity contribution in [2.24, 2.45) is 0 Å². The molecule has 0 spiro atoms. The molecule has 1 aliphatic heterocycles. The minimum atomic E-state index is -3.16. The quantitative estimate of drug-likeness (QED) is 0.835. The molecular formula is C13H17ClN2O3S. The molecule has 0 aliphatic carbocycles. The zero-order valence-electron chi connectivity index (χ0n) is 11.3. The number of sulfonamides is 1. The molecule has 1 heterocycles. The highest BCUT2D eigenvalue weighted by Gasteiger charge is 2.25. The van der Waals surface area contributed by atoms with Crippen molar-refractivity contribution < 1.29 is 13.2 Å². The summed E-state index contributed by atoms with van der Waals surface area (Å²) in [7, 11) is -3.16. The molecule has 20 heavy (non-hydrogen) atoms. The number of amides is 1. The molecule has 1 amide bonds. The predicted molar refractivity (Wildman–Crippen MR) is 78.2 cm³/mol. The maximum absolute atomic E-state index is 12.2. The van der Waals surface area contributed by atoms with Gasteiger partial charge in [0, 0.05) is 31.2 Å². The average Bonchev–Trinajstić information content (AvgIpc) is 2.38. The highest BCUT2D eigenvalue weighted by Crippen LogP contribution is 2.13. The van der Waals surface area contributed by atoms with E-state index >= 15 is 0 Å². The van der Waals surface area contributed by atoms with Crippen LogP contribution >= 0.6 is 11.6 Å². The topological polar surface area (TPSA) is 57.7 Å². The Hall–Kier alpha value is -1.11. The first-order valence-electron chi connectivity index (χ1n) is 6.33. The molecular weight excluding hydrogens is 300 g/mol. The lowest BCUT2D eigenvalue weighted by atomic mass is 10.1. The van der Waals surface area contributed by atoms with E-state index in [1.807, 2.05) is 12.1 Å². The number of piperazine rings is 1. The Morgan fingerprint density at radius 2 is 1.90 bits per heavy atom. The molecule has 1 aliphatic rings. The molecule has 2 rings (SSSR count). The van der Waals surface area contributed by atoms with Gasteiger partial charge >= 0.3 is 0 Å². The monoisotopic (exact) mass is 316 g/mol. The van der Waals surface area contributed by atoms with Crippen LogP contribution in [0.15, 0.2) is 24.3 Å². The maximum atomic E-state index is 12.2. The van der Waals surface area contributed by atoms with Crippen LogP contribution in [0.4, 0.5) is 0 Å². The van der Waals surface area contributed by atoms with E-state index in [4.69, 9.17) is 11.6 Å². The van der Waals surface area contributed by atoms with E-state index in [9.17, 15) is 13.2 Å². The Balaban J connectivity index is 1.92. The maximum Gasteiger partial charge on any atom is 0.227 e. The van der Waals surface area contributed by atoms with Gasteiger partial charge in [-0.1, -0.05) is 23.7 Å². The highest BCUT2D eigenvalue weighted by molar-refractivity contribution is 7.88. The van der Waals surface area contributed by atoms with E-state index in [1.165, 1.54) is 10.6 Å². The van der Waals surface area contributed by atoms with Gasteiger partial charge in [-0.25, -0.2) is 8.42 Å². The van der Waals surface area contributed by atoms with Gasteiger partial charge in [-0.15, -0.1) is 0 Å². The van der Waals surface area contributed by atoms with Crippen molar-refractivity contribution in [3.63, 3.8) is 0 Å². The van der Waals surface area contributed by atoms with Crippen LogP contribution in [-0.2, 0) is 21.2 Å². The van der Waals surface area contributed by atoms with Crippen molar-refractivity contribution in [1.82, 2.24) is 9.21 Å². The van der Waals surface area contributed by atoms with Gasteiger partial charge in [0.1, 0.15) is 0 Å². The van der Waals surface area contributed by atoms with Gasteiger partial charge in [0.05, 0.1) is 12.7 Å². The molecule has 0 bridgehead atoms. The normalized spacial score (nSPS) is 17.2.